The average molecular weight is 408 g/mol. The number of unbranched alkanes of at least 4 members (excludes halogenated alkanes) is 4. The highest BCUT2D eigenvalue weighted by molar-refractivity contribution is 5.85. The first kappa shape index (κ1) is 25.1. The van der Waals surface area contributed by atoms with Crippen molar-refractivity contribution in [3.63, 3.8) is 0 Å². The summed E-state index contributed by atoms with van der Waals surface area (Å²) in [6.45, 7) is 3.62. The van der Waals surface area contributed by atoms with Crippen LogP contribution in [0.4, 0.5) is 0 Å². The van der Waals surface area contributed by atoms with Crippen LogP contribution in [0, 0.1) is 11.8 Å². The lowest BCUT2D eigenvalue weighted by Crippen LogP contribution is -2.35. The fourth-order valence-corrected chi connectivity index (χ4v) is 3.80. The second kappa shape index (κ2) is 13.3. The minimum absolute atomic E-state index is 0.00158. The molecule has 0 aromatic heterocycles. The number of nitrogens with one attached hydrogen (secondary N) is 1. The Hall–Kier alpha value is -1.95. The summed E-state index contributed by atoms with van der Waals surface area (Å²) in [6, 6.07) is -0.148. The average Bonchev–Trinajstić information content (AvgIpc) is 2.98. The molecule has 4 atom stereocenters. The predicted molar refractivity (Wildman–Crippen MR) is 113 cm³/mol. The summed E-state index contributed by atoms with van der Waals surface area (Å²) in [7, 11) is 1.25. The van der Waals surface area contributed by atoms with Crippen molar-refractivity contribution in [3.8, 4) is 0 Å². The molecular weight excluding hydrogens is 370 g/mol. The molecule has 0 aromatic rings. The number of ketones is 1. The van der Waals surface area contributed by atoms with E-state index in [1.54, 1.807) is 0 Å². The summed E-state index contributed by atoms with van der Waals surface area (Å²) in [6.07, 6.45) is 16.2. The van der Waals surface area contributed by atoms with E-state index in [9.17, 15) is 19.5 Å². The van der Waals surface area contributed by atoms with Crippen LogP contribution < -0.4 is 5.32 Å². The van der Waals surface area contributed by atoms with Crippen molar-refractivity contribution in [3.05, 3.63) is 24.3 Å². The zero-order valence-corrected chi connectivity index (χ0v) is 18.1. The van der Waals surface area contributed by atoms with Crippen molar-refractivity contribution < 1.29 is 24.2 Å². The van der Waals surface area contributed by atoms with Gasteiger partial charge in [0.25, 0.3) is 0 Å². The molecule has 1 aliphatic carbocycles. The van der Waals surface area contributed by atoms with E-state index >= 15 is 0 Å². The molecule has 6 nitrogen and oxygen atoms in total. The maximum atomic E-state index is 12.5. The second-order valence-corrected chi connectivity index (χ2v) is 8.03. The Morgan fingerprint density at radius 2 is 2.00 bits per heavy atom. The fraction of sp³-hybridized carbons (Fsp3) is 0.696. The van der Waals surface area contributed by atoms with Gasteiger partial charge in [0.1, 0.15) is 5.78 Å². The Balaban J connectivity index is 2.60. The molecule has 0 spiro atoms. The van der Waals surface area contributed by atoms with Crippen molar-refractivity contribution in [2.24, 2.45) is 11.8 Å². The quantitative estimate of drug-likeness (QED) is 0.199. The van der Waals surface area contributed by atoms with Gasteiger partial charge in [-0.3, -0.25) is 9.59 Å². The van der Waals surface area contributed by atoms with Gasteiger partial charge in [0.05, 0.1) is 7.11 Å². The third kappa shape index (κ3) is 8.52. The molecule has 0 saturated heterocycles. The number of hydrogen-bond acceptors (Lipinski definition) is 5. The van der Waals surface area contributed by atoms with E-state index in [0.29, 0.717) is 25.7 Å². The van der Waals surface area contributed by atoms with Gasteiger partial charge in [-0.15, -0.1) is 0 Å². The van der Waals surface area contributed by atoms with Crippen LogP contribution in [0.5, 0.6) is 0 Å². The van der Waals surface area contributed by atoms with E-state index in [1.807, 2.05) is 12.2 Å². The summed E-state index contributed by atoms with van der Waals surface area (Å²) in [5, 5.41) is 12.8. The summed E-state index contributed by atoms with van der Waals surface area (Å²) >= 11 is 0. The molecule has 2 N–H and O–H groups in total. The van der Waals surface area contributed by atoms with Crippen LogP contribution in [0.1, 0.15) is 71.6 Å². The lowest BCUT2D eigenvalue weighted by Gasteiger charge is -2.20. The molecule has 29 heavy (non-hydrogen) atoms. The van der Waals surface area contributed by atoms with Gasteiger partial charge in [0, 0.05) is 24.3 Å². The van der Waals surface area contributed by atoms with E-state index in [-0.39, 0.29) is 30.1 Å². The number of esters is 1. The van der Waals surface area contributed by atoms with Gasteiger partial charge >= 0.3 is 5.97 Å². The number of methoxy groups -OCH3 is 1. The fourth-order valence-electron chi connectivity index (χ4n) is 3.80. The number of hydrogen-bond donors (Lipinski definition) is 2. The van der Waals surface area contributed by atoms with E-state index in [2.05, 4.69) is 29.1 Å². The molecule has 164 valence electrons. The van der Waals surface area contributed by atoms with Gasteiger partial charge in [0.15, 0.2) is 5.60 Å². The molecule has 0 bridgehead atoms. The van der Waals surface area contributed by atoms with Crippen LogP contribution in [0.25, 0.3) is 0 Å². The minimum Gasteiger partial charge on any atom is -0.467 e. The Kier molecular flexibility index (Phi) is 11.5. The number of ether oxygens (including phenoxy) is 1. The first-order chi connectivity index (χ1) is 13.9. The Labute approximate surface area is 174 Å². The molecule has 0 aliphatic heterocycles. The standard InChI is InChI=1S/C23H37NO5/c1-4-5-6-7-8-10-13-18-19(21(26)16-20(18)24-17-25)14-11-9-12-15-23(2,28)22(27)29-3/h9-11,13,17-20,28H,4-8,12,14-16H2,1-3H3,(H,24,25)/b11-9-,13-10+/t18-,19-,20-,23?/m1/s1. The molecule has 1 unspecified atom stereocenters. The first-order valence-corrected chi connectivity index (χ1v) is 10.7. The van der Waals surface area contributed by atoms with Gasteiger partial charge in [0.2, 0.25) is 6.41 Å². The number of aliphatic hydroxyl groups is 1. The highest BCUT2D eigenvalue weighted by atomic mass is 16.5. The lowest BCUT2D eigenvalue weighted by atomic mass is 9.89. The molecule has 1 aliphatic rings. The van der Waals surface area contributed by atoms with Crippen LogP contribution in [0.15, 0.2) is 24.3 Å². The molecule has 1 rings (SSSR count). The highest BCUT2D eigenvalue weighted by Crippen LogP contribution is 2.33. The van der Waals surface area contributed by atoms with Gasteiger partial charge in [-0.1, -0.05) is 50.5 Å². The van der Waals surface area contributed by atoms with Crippen molar-refractivity contribution in [1.29, 1.82) is 0 Å². The third-order valence-electron chi connectivity index (χ3n) is 5.61. The SMILES string of the molecule is CCCCCC/C=C/[C@H]1[C@H](NC=O)CC(=O)[C@@H]1C/C=C\CCC(C)(O)C(=O)OC. The second-order valence-electron chi connectivity index (χ2n) is 8.03. The van der Waals surface area contributed by atoms with Gasteiger partial charge < -0.3 is 15.2 Å². The summed E-state index contributed by atoms with van der Waals surface area (Å²) in [4.78, 5) is 34.9. The number of rotatable bonds is 14. The number of Topliss-reactive ketones (excluding diaryl/α,β-unsaturated/α-hetero) is 1. The highest BCUT2D eigenvalue weighted by Gasteiger charge is 2.39. The van der Waals surface area contributed by atoms with Crippen LogP contribution in [-0.4, -0.2) is 42.0 Å². The van der Waals surface area contributed by atoms with E-state index in [1.165, 1.54) is 33.3 Å². The normalized spacial score (nSPS) is 24.1. The number of allylic oxidation sites excluding steroid dienone is 3. The van der Waals surface area contributed by atoms with Crippen LogP contribution in [0.2, 0.25) is 0 Å². The smallest absolute Gasteiger partial charge is 0.337 e. The third-order valence-corrected chi connectivity index (χ3v) is 5.61. The van der Waals surface area contributed by atoms with Crippen LogP contribution in [-0.2, 0) is 19.1 Å². The van der Waals surface area contributed by atoms with Crippen molar-refractivity contribution in [2.75, 3.05) is 7.11 Å². The summed E-state index contributed by atoms with van der Waals surface area (Å²) < 4.78 is 4.58. The van der Waals surface area contributed by atoms with Gasteiger partial charge in [-0.05, 0) is 39.0 Å². The summed E-state index contributed by atoms with van der Waals surface area (Å²) in [5.74, 6) is -0.640. The molecular formula is C23H37NO5. The van der Waals surface area contributed by atoms with E-state index in [4.69, 9.17) is 0 Å². The molecule has 1 amide bonds. The molecule has 0 aromatic carbocycles. The van der Waals surface area contributed by atoms with E-state index in [0.717, 1.165) is 12.8 Å². The maximum absolute atomic E-state index is 12.5. The van der Waals surface area contributed by atoms with Gasteiger partial charge in [-0.25, -0.2) is 4.79 Å². The number of carbonyl (C=O) groups excluding carboxylic acids is 3. The van der Waals surface area contributed by atoms with Gasteiger partial charge in [-0.2, -0.15) is 0 Å². The Morgan fingerprint density at radius 3 is 2.66 bits per heavy atom. The molecule has 6 heteroatoms. The zero-order chi connectivity index (χ0) is 21.7. The topological polar surface area (TPSA) is 92.7 Å². The molecule has 1 fully saturated rings. The first-order valence-electron chi connectivity index (χ1n) is 10.7. The van der Waals surface area contributed by atoms with Crippen LogP contribution >= 0.6 is 0 Å². The zero-order valence-electron chi connectivity index (χ0n) is 18.1. The Bertz CT molecular complexity index is 582. The lowest BCUT2D eigenvalue weighted by molar-refractivity contribution is -0.160. The molecule has 0 heterocycles. The molecule has 0 radical (unpaired) electrons. The monoisotopic (exact) mass is 407 g/mol. The Morgan fingerprint density at radius 1 is 1.24 bits per heavy atom. The maximum Gasteiger partial charge on any atom is 0.337 e. The summed E-state index contributed by atoms with van der Waals surface area (Å²) in [5.41, 5.74) is -1.51. The van der Waals surface area contributed by atoms with Crippen LogP contribution in [0.3, 0.4) is 0 Å². The van der Waals surface area contributed by atoms with Crippen molar-refractivity contribution in [2.45, 2.75) is 83.3 Å². The minimum atomic E-state index is -1.51. The molecule has 1 saturated carbocycles. The predicted octanol–water partition coefficient (Wildman–Crippen LogP) is 3.48. The largest absolute Gasteiger partial charge is 0.467 e. The number of amides is 1. The van der Waals surface area contributed by atoms with E-state index < -0.39 is 11.6 Å². The van der Waals surface area contributed by atoms with Crippen molar-refractivity contribution in [1.82, 2.24) is 5.32 Å². The number of carbonyl (C=O) groups is 3. The van der Waals surface area contributed by atoms with Crippen molar-refractivity contribution >= 4 is 18.2 Å².